The molecular weight excluding hydrogens is 488 g/mol. The fraction of sp³-hybridized carbons (Fsp3) is 0.381. The largest absolute Gasteiger partial charge is 0.388 e. The van der Waals surface area contributed by atoms with E-state index < -0.39 is 0 Å². The Kier molecular flexibility index (Phi) is 9.47. The standard InChI is InChI=1S/C21H21BrClO2.Y/c22-20-12-21(24)19(14-25-13-16-5-2-1-3-6-16)18(20)10-9-15-7-4-8-17(23)11-15;/h1-2,4-8,11,18-20H,9-10,12-14H2;/q-1;/t18-,19-,20?;/m1./s1. The summed E-state index contributed by atoms with van der Waals surface area (Å²) in [6.45, 7) is 1.01. The number of aryl methyl sites for hydroxylation is 1. The van der Waals surface area contributed by atoms with Gasteiger partial charge in [-0.1, -0.05) is 39.7 Å². The third-order valence-electron chi connectivity index (χ3n) is 4.78. The maximum atomic E-state index is 12.4. The average molecular weight is 510 g/mol. The number of carbonyl (C=O) groups is 1. The number of ketones is 1. The number of Topliss-reactive ketones (excluding diaryl/α,β-unsaturated/α-hetero) is 1. The van der Waals surface area contributed by atoms with Crippen LogP contribution < -0.4 is 0 Å². The molecule has 1 unspecified atom stereocenters. The first-order valence-corrected chi connectivity index (χ1v) is 9.87. The van der Waals surface area contributed by atoms with E-state index in [1.54, 1.807) is 0 Å². The van der Waals surface area contributed by atoms with Crippen LogP contribution >= 0.6 is 27.5 Å². The number of hydrogen-bond acceptors (Lipinski definition) is 2. The molecule has 135 valence electrons. The van der Waals surface area contributed by atoms with Gasteiger partial charge in [0.1, 0.15) is 5.78 Å². The molecule has 0 N–H and O–H groups in total. The van der Waals surface area contributed by atoms with Gasteiger partial charge < -0.3 is 4.74 Å². The van der Waals surface area contributed by atoms with E-state index in [4.69, 9.17) is 16.3 Å². The summed E-state index contributed by atoms with van der Waals surface area (Å²) in [4.78, 5) is 12.6. The van der Waals surface area contributed by atoms with Crippen LogP contribution in [0.2, 0.25) is 5.02 Å². The van der Waals surface area contributed by atoms with Crippen LogP contribution in [0.4, 0.5) is 0 Å². The summed E-state index contributed by atoms with van der Waals surface area (Å²) >= 11 is 9.76. The van der Waals surface area contributed by atoms with Crippen LogP contribution in [0.5, 0.6) is 0 Å². The zero-order valence-electron chi connectivity index (χ0n) is 14.5. The van der Waals surface area contributed by atoms with Crippen LogP contribution in [0.1, 0.15) is 24.0 Å². The minimum absolute atomic E-state index is 0. The first-order valence-electron chi connectivity index (χ1n) is 8.57. The molecule has 0 aromatic heterocycles. The molecule has 1 fully saturated rings. The Morgan fingerprint density at radius 2 is 2.04 bits per heavy atom. The number of alkyl halides is 1. The van der Waals surface area contributed by atoms with Crippen molar-refractivity contribution in [2.24, 2.45) is 11.8 Å². The Balaban J connectivity index is 0.00000243. The zero-order valence-corrected chi connectivity index (χ0v) is 19.7. The maximum absolute atomic E-state index is 12.4. The molecule has 2 aromatic carbocycles. The fourth-order valence-electron chi connectivity index (χ4n) is 3.43. The van der Waals surface area contributed by atoms with E-state index in [0.717, 1.165) is 23.4 Å². The first kappa shape index (κ1) is 22.2. The summed E-state index contributed by atoms with van der Waals surface area (Å²) in [5.74, 6) is 0.572. The van der Waals surface area contributed by atoms with Crippen molar-refractivity contribution in [1.82, 2.24) is 0 Å². The molecule has 0 heterocycles. The van der Waals surface area contributed by atoms with Gasteiger partial charge in [0, 0.05) is 61.5 Å². The number of halogens is 2. The molecule has 0 spiro atoms. The topological polar surface area (TPSA) is 26.3 Å². The summed E-state index contributed by atoms with van der Waals surface area (Å²) in [5.41, 5.74) is 2.30. The van der Waals surface area contributed by atoms with Gasteiger partial charge in [-0.05, 0) is 36.5 Å². The third kappa shape index (κ3) is 6.24. The predicted octanol–water partition coefficient (Wildman–Crippen LogP) is 5.26. The Morgan fingerprint density at radius 1 is 1.23 bits per heavy atom. The molecule has 5 heteroatoms. The Labute approximate surface area is 194 Å². The Bertz CT molecular complexity index is 710. The molecule has 3 rings (SSSR count). The van der Waals surface area contributed by atoms with Crippen molar-refractivity contribution in [2.45, 2.75) is 30.7 Å². The van der Waals surface area contributed by atoms with E-state index in [1.807, 2.05) is 42.5 Å². The Hall–Kier alpha value is -0.0561. The van der Waals surface area contributed by atoms with Crippen LogP contribution in [0.15, 0.2) is 48.5 Å². The smallest absolute Gasteiger partial charge is 0.139 e. The number of benzene rings is 2. The van der Waals surface area contributed by atoms with Crippen molar-refractivity contribution in [3.8, 4) is 0 Å². The van der Waals surface area contributed by atoms with Gasteiger partial charge in [-0.15, -0.1) is 5.56 Å². The van der Waals surface area contributed by atoms with Gasteiger partial charge in [-0.25, -0.2) is 0 Å². The molecule has 1 radical (unpaired) electrons. The third-order valence-corrected chi connectivity index (χ3v) is 6.02. The molecule has 0 bridgehead atoms. The quantitative estimate of drug-likeness (QED) is 0.376. The summed E-state index contributed by atoms with van der Waals surface area (Å²) in [6, 6.07) is 18.7. The van der Waals surface area contributed by atoms with E-state index in [-0.39, 0.29) is 43.5 Å². The fourth-order valence-corrected chi connectivity index (χ4v) is 4.60. The minimum atomic E-state index is -0.0312. The van der Waals surface area contributed by atoms with Crippen LogP contribution in [-0.2, 0) is 55.3 Å². The molecule has 1 saturated carbocycles. The molecule has 2 aromatic rings. The number of ether oxygens (including phenoxy) is 1. The van der Waals surface area contributed by atoms with E-state index in [1.165, 1.54) is 5.56 Å². The summed E-state index contributed by atoms with van der Waals surface area (Å²) in [6.07, 6.45) is 2.47. The molecule has 2 nitrogen and oxygen atoms in total. The molecule has 1 aliphatic rings. The number of hydrogen-bond donors (Lipinski definition) is 0. The van der Waals surface area contributed by atoms with Gasteiger partial charge in [0.2, 0.25) is 0 Å². The van der Waals surface area contributed by atoms with Gasteiger partial charge >= 0.3 is 0 Å². The second-order valence-electron chi connectivity index (χ2n) is 6.55. The molecule has 0 saturated heterocycles. The van der Waals surface area contributed by atoms with Crippen LogP contribution in [-0.4, -0.2) is 17.2 Å². The summed E-state index contributed by atoms with van der Waals surface area (Å²) in [7, 11) is 0. The molecule has 26 heavy (non-hydrogen) atoms. The normalized spacial score (nSPS) is 22.2. The molecular formula is C21H21BrClO2Y-. The maximum Gasteiger partial charge on any atom is 0.139 e. The van der Waals surface area contributed by atoms with Crippen LogP contribution in [0.3, 0.4) is 0 Å². The van der Waals surface area contributed by atoms with Gasteiger partial charge in [-0.2, -0.15) is 30.3 Å². The molecule has 3 atom stereocenters. The van der Waals surface area contributed by atoms with E-state index in [0.29, 0.717) is 31.3 Å². The SMILES string of the molecule is O=C1CC(Br)[C@H](CCc2cccc(Cl)c2)[C@H]1COCc1c[c-]ccc1.[Y]. The number of carbonyl (C=O) groups excluding carboxylic acids is 1. The average Bonchev–Trinajstić information content (AvgIpc) is 2.87. The van der Waals surface area contributed by atoms with E-state index in [2.05, 4.69) is 28.1 Å². The van der Waals surface area contributed by atoms with Crippen molar-refractivity contribution >= 4 is 33.3 Å². The summed E-state index contributed by atoms with van der Waals surface area (Å²) < 4.78 is 5.84. The van der Waals surface area contributed by atoms with Gasteiger partial charge in [0.15, 0.2) is 0 Å². The predicted molar refractivity (Wildman–Crippen MR) is 104 cm³/mol. The van der Waals surface area contributed by atoms with Gasteiger partial charge in [-0.3, -0.25) is 4.79 Å². The number of rotatable bonds is 7. The van der Waals surface area contributed by atoms with Crippen molar-refractivity contribution in [3.05, 3.63) is 70.7 Å². The second-order valence-corrected chi connectivity index (χ2v) is 8.16. The minimum Gasteiger partial charge on any atom is -0.388 e. The van der Waals surface area contributed by atoms with Crippen LogP contribution in [0, 0.1) is 17.9 Å². The molecule has 1 aliphatic carbocycles. The summed E-state index contributed by atoms with van der Waals surface area (Å²) in [5, 5.41) is 0.759. The first-order chi connectivity index (χ1) is 12.1. The second kappa shape index (κ2) is 11.1. The zero-order chi connectivity index (χ0) is 17.6. The van der Waals surface area contributed by atoms with Gasteiger partial charge in [0.05, 0.1) is 6.61 Å². The monoisotopic (exact) mass is 508 g/mol. The molecule has 0 amide bonds. The van der Waals surface area contributed by atoms with Crippen LogP contribution in [0.25, 0.3) is 0 Å². The van der Waals surface area contributed by atoms with Crippen molar-refractivity contribution < 1.29 is 42.2 Å². The Morgan fingerprint density at radius 3 is 2.77 bits per heavy atom. The van der Waals surface area contributed by atoms with Crippen molar-refractivity contribution in [3.63, 3.8) is 0 Å². The van der Waals surface area contributed by atoms with Crippen molar-refractivity contribution in [2.75, 3.05) is 6.61 Å². The van der Waals surface area contributed by atoms with Gasteiger partial charge in [0.25, 0.3) is 0 Å². The van der Waals surface area contributed by atoms with E-state index >= 15 is 0 Å². The van der Waals surface area contributed by atoms with E-state index in [9.17, 15) is 4.79 Å². The molecule has 0 aliphatic heterocycles. The van der Waals surface area contributed by atoms with Crippen molar-refractivity contribution in [1.29, 1.82) is 0 Å².